The number of nitrogens with zero attached hydrogens (tertiary/aromatic N) is 3. The summed E-state index contributed by atoms with van der Waals surface area (Å²) in [5, 5.41) is 9.83. The number of aryl methyl sites for hydroxylation is 1. The summed E-state index contributed by atoms with van der Waals surface area (Å²) in [6.07, 6.45) is 6.78. The summed E-state index contributed by atoms with van der Waals surface area (Å²) in [4.78, 5) is 49.3. The van der Waals surface area contributed by atoms with Crippen LogP contribution >= 0.6 is 23.4 Å². The van der Waals surface area contributed by atoms with Gasteiger partial charge in [0.25, 0.3) is 5.91 Å². The topological polar surface area (TPSA) is 81.2 Å². The number of likely N-dealkylation sites (tertiary alicyclic amines) is 1. The number of unbranched alkanes of at least 4 members (excludes halogenated alkanes) is 2. The SMILES string of the molecule is C=CCN(C(=O)[C@H]1[C@H]2C(=O)N(CCCCCO)C(C(=O)N(CC=C)c3c(C)cccc3Cl)C23CC[C@]1(C)S3)c1ccccc1. The second-order valence-corrected chi connectivity index (χ2v) is 14.6. The lowest BCUT2D eigenvalue weighted by molar-refractivity contribution is -0.139. The van der Waals surface area contributed by atoms with Crippen molar-refractivity contribution in [3.8, 4) is 0 Å². The number of hydrogen-bond acceptors (Lipinski definition) is 5. The largest absolute Gasteiger partial charge is 0.396 e. The van der Waals surface area contributed by atoms with E-state index >= 15 is 0 Å². The van der Waals surface area contributed by atoms with Crippen LogP contribution < -0.4 is 9.80 Å². The van der Waals surface area contributed by atoms with Crippen molar-refractivity contribution in [3.05, 3.63) is 84.4 Å². The van der Waals surface area contributed by atoms with Crippen LogP contribution in [-0.4, -0.2) is 69.5 Å². The standard InChI is InChI=1S/C35H42ClN3O4S/c1-5-20-37(25-15-9-7-10-16-25)31(41)27-28-32(42)39(22-11-8-12-23-40)30(35(28)19-18-34(27,4)44-35)33(43)38(21-6-2)29-24(3)14-13-17-26(29)36/h5-7,9-10,13-17,27-28,30,40H,1-2,8,11-12,18-23H2,3-4H3/t27-,28+,30?,34+,35?/m1/s1. The lowest BCUT2D eigenvalue weighted by Crippen LogP contribution is -2.55. The molecule has 0 saturated carbocycles. The van der Waals surface area contributed by atoms with Crippen molar-refractivity contribution in [2.24, 2.45) is 11.8 Å². The minimum atomic E-state index is -0.765. The predicted molar refractivity (Wildman–Crippen MR) is 179 cm³/mol. The summed E-state index contributed by atoms with van der Waals surface area (Å²) in [6.45, 7) is 12.8. The van der Waals surface area contributed by atoms with Gasteiger partial charge in [0.15, 0.2) is 0 Å². The van der Waals surface area contributed by atoms with Crippen molar-refractivity contribution < 1.29 is 19.5 Å². The Kier molecular flexibility index (Phi) is 9.64. The fourth-order valence-corrected chi connectivity index (χ4v) is 10.3. The van der Waals surface area contributed by atoms with Crippen LogP contribution in [0.5, 0.6) is 0 Å². The molecule has 2 unspecified atom stereocenters. The number of benzene rings is 2. The smallest absolute Gasteiger partial charge is 0.251 e. The van der Waals surface area contributed by atoms with Crippen molar-refractivity contribution in [2.75, 3.05) is 36.0 Å². The van der Waals surface area contributed by atoms with Gasteiger partial charge in [0.2, 0.25) is 11.8 Å². The third-order valence-electron chi connectivity index (χ3n) is 9.52. The van der Waals surface area contributed by atoms with E-state index < -0.39 is 27.4 Å². The number of rotatable bonds is 13. The monoisotopic (exact) mass is 635 g/mol. The van der Waals surface area contributed by atoms with Crippen LogP contribution in [0.25, 0.3) is 0 Å². The van der Waals surface area contributed by atoms with Gasteiger partial charge in [-0.15, -0.1) is 24.9 Å². The predicted octanol–water partition coefficient (Wildman–Crippen LogP) is 6.03. The molecule has 3 aliphatic heterocycles. The summed E-state index contributed by atoms with van der Waals surface area (Å²) in [5.74, 6) is -1.68. The Hall–Kier alpha value is -3.07. The van der Waals surface area contributed by atoms with Gasteiger partial charge in [-0.2, -0.15) is 0 Å². The van der Waals surface area contributed by atoms with Gasteiger partial charge in [0, 0.05) is 36.7 Å². The number of hydrogen-bond donors (Lipinski definition) is 1. The molecule has 0 aromatic heterocycles. The molecule has 9 heteroatoms. The Balaban J connectivity index is 1.59. The van der Waals surface area contributed by atoms with Crippen molar-refractivity contribution in [3.63, 3.8) is 0 Å². The number of fused-ring (bicyclic) bond motifs is 1. The van der Waals surface area contributed by atoms with Gasteiger partial charge >= 0.3 is 0 Å². The first-order valence-electron chi connectivity index (χ1n) is 15.4. The maximum absolute atomic E-state index is 14.9. The van der Waals surface area contributed by atoms with Gasteiger partial charge in [-0.1, -0.05) is 54.1 Å². The van der Waals surface area contributed by atoms with E-state index in [4.69, 9.17) is 11.6 Å². The maximum Gasteiger partial charge on any atom is 0.251 e. The number of amides is 3. The van der Waals surface area contributed by atoms with Gasteiger partial charge in [-0.05, 0) is 69.7 Å². The van der Waals surface area contributed by atoms with Crippen molar-refractivity contribution in [1.82, 2.24) is 4.90 Å². The minimum Gasteiger partial charge on any atom is -0.396 e. The lowest BCUT2D eigenvalue weighted by Gasteiger charge is -2.38. The van der Waals surface area contributed by atoms with Crippen LogP contribution in [0.3, 0.4) is 0 Å². The van der Waals surface area contributed by atoms with Crippen LogP contribution in [0.2, 0.25) is 5.02 Å². The Bertz CT molecular complexity index is 1420. The molecule has 2 aromatic rings. The molecule has 3 heterocycles. The minimum absolute atomic E-state index is 0.0746. The first kappa shape index (κ1) is 32.3. The van der Waals surface area contributed by atoms with Gasteiger partial charge in [-0.3, -0.25) is 14.4 Å². The average molecular weight is 636 g/mol. The highest BCUT2D eigenvalue weighted by atomic mass is 35.5. The zero-order chi connectivity index (χ0) is 31.6. The molecular weight excluding hydrogens is 594 g/mol. The molecule has 1 spiro atoms. The number of aliphatic hydroxyl groups is 1. The van der Waals surface area contributed by atoms with Crippen LogP contribution in [-0.2, 0) is 14.4 Å². The normalized spacial score (nSPS) is 26.9. The molecule has 5 atom stereocenters. The second-order valence-electron chi connectivity index (χ2n) is 12.3. The Morgan fingerprint density at radius 1 is 1.02 bits per heavy atom. The number of aliphatic hydroxyl groups excluding tert-OH is 1. The Labute approximate surface area is 269 Å². The van der Waals surface area contributed by atoms with E-state index in [0.29, 0.717) is 43.1 Å². The van der Waals surface area contributed by atoms with Gasteiger partial charge in [0.1, 0.15) is 6.04 Å². The molecule has 0 radical (unpaired) electrons. The summed E-state index contributed by atoms with van der Waals surface area (Å²) in [6, 6.07) is 14.3. The van der Waals surface area contributed by atoms with E-state index in [2.05, 4.69) is 20.1 Å². The van der Waals surface area contributed by atoms with Crippen LogP contribution in [0.15, 0.2) is 73.8 Å². The van der Waals surface area contributed by atoms with E-state index in [1.807, 2.05) is 49.4 Å². The van der Waals surface area contributed by atoms with Gasteiger partial charge < -0.3 is 19.8 Å². The third-order valence-corrected chi connectivity index (χ3v) is 11.8. The van der Waals surface area contributed by atoms with Crippen molar-refractivity contribution in [1.29, 1.82) is 0 Å². The molecule has 3 saturated heterocycles. The average Bonchev–Trinajstić information content (AvgIpc) is 3.57. The molecule has 0 aliphatic carbocycles. The maximum atomic E-state index is 14.9. The summed E-state index contributed by atoms with van der Waals surface area (Å²) in [7, 11) is 0. The van der Waals surface area contributed by atoms with E-state index in [1.54, 1.807) is 44.7 Å². The molecular formula is C35H42ClN3O4S. The fourth-order valence-electron chi connectivity index (χ4n) is 7.65. The molecule has 3 aliphatic rings. The highest BCUT2D eigenvalue weighted by Crippen LogP contribution is 2.71. The van der Waals surface area contributed by atoms with E-state index in [9.17, 15) is 19.5 Å². The zero-order valence-corrected chi connectivity index (χ0v) is 27.2. The number of thioether (sulfide) groups is 1. The Morgan fingerprint density at radius 3 is 2.39 bits per heavy atom. The van der Waals surface area contributed by atoms with E-state index in [1.165, 1.54) is 0 Å². The molecule has 1 N–H and O–H groups in total. The number of para-hydroxylation sites is 2. The molecule has 2 bridgehead atoms. The molecule has 5 rings (SSSR count). The van der Waals surface area contributed by atoms with Crippen LogP contribution in [0, 0.1) is 18.8 Å². The molecule has 7 nitrogen and oxygen atoms in total. The Morgan fingerprint density at radius 2 is 1.73 bits per heavy atom. The van der Waals surface area contributed by atoms with E-state index in [0.717, 1.165) is 24.1 Å². The zero-order valence-electron chi connectivity index (χ0n) is 25.6. The highest BCUT2D eigenvalue weighted by molar-refractivity contribution is 8.02. The van der Waals surface area contributed by atoms with Crippen molar-refractivity contribution >= 4 is 52.5 Å². The quantitative estimate of drug-likeness (QED) is 0.215. The van der Waals surface area contributed by atoms with Gasteiger partial charge in [0.05, 0.1) is 27.3 Å². The summed E-state index contributed by atoms with van der Waals surface area (Å²) >= 11 is 8.36. The van der Waals surface area contributed by atoms with Crippen LogP contribution in [0.1, 0.15) is 44.6 Å². The molecule has 234 valence electrons. The van der Waals surface area contributed by atoms with Gasteiger partial charge in [-0.25, -0.2) is 0 Å². The number of carbonyl (C=O) groups excluding carboxylic acids is 3. The third kappa shape index (κ3) is 5.39. The first-order valence-corrected chi connectivity index (χ1v) is 16.6. The van der Waals surface area contributed by atoms with Crippen molar-refractivity contribution in [2.45, 2.75) is 61.5 Å². The van der Waals surface area contributed by atoms with Crippen LogP contribution in [0.4, 0.5) is 11.4 Å². The molecule has 2 aromatic carbocycles. The number of anilines is 2. The summed E-state index contributed by atoms with van der Waals surface area (Å²) < 4.78 is -1.26. The first-order chi connectivity index (χ1) is 21.1. The molecule has 3 amide bonds. The lowest BCUT2D eigenvalue weighted by atomic mass is 9.66. The van der Waals surface area contributed by atoms with E-state index in [-0.39, 0.29) is 30.9 Å². The molecule has 3 fully saturated rings. The highest BCUT2D eigenvalue weighted by Gasteiger charge is 2.77. The summed E-state index contributed by atoms with van der Waals surface area (Å²) in [5.41, 5.74) is 2.23. The molecule has 44 heavy (non-hydrogen) atoms. The number of halogens is 1. The number of carbonyl (C=O) groups is 3. The fraction of sp³-hybridized carbons (Fsp3) is 0.457. The second kappa shape index (κ2) is 13.1.